The molecule has 128 valence electrons. The van der Waals surface area contributed by atoms with E-state index in [4.69, 9.17) is 0 Å². The number of hydrogen-bond donors (Lipinski definition) is 4. The Hall–Kier alpha value is -0.160. The summed E-state index contributed by atoms with van der Waals surface area (Å²) in [5.74, 6) is -1.72. The molecule has 0 bridgehead atoms. The zero-order valence-corrected chi connectivity index (χ0v) is 14.5. The lowest BCUT2D eigenvalue weighted by molar-refractivity contribution is -0.221. The lowest BCUT2D eigenvalue weighted by atomic mass is 9.73. The first kappa shape index (κ1) is 20.8. The van der Waals surface area contributed by atoms with Gasteiger partial charge in [0.1, 0.15) is 0 Å². The largest absolute Gasteiger partial charge is 0.396 e. The first-order chi connectivity index (χ1) is 9.56. The highest BCUT2D eigenvalue weighted by Gasteiger charge is 2.38. The Morgan fingerprint density at radius 3 is 1.90 bits per heavy atom. The minimum absolute atomic E-state index is 0.00573. The van der Waals surface area contributed by atoms with E-state index in [9.17, 15) is 20.4 Å². The highest BCUT2D eigenvalue weighted by atomic mass is 16.5. The van der Waals surface area contributed by atoms with Crippen LogP contribution in [0.1, 0.15) is 79.6 Å². The molecule has 0 fully saturated rings. The van der Waals surface area contributed by atoms with Crippen molar-refractivity contribution in [3.63, 3.8) is 0 Å². The van der Waals surface area contributed by atoms with Gasteiger partial charge in [-0.2, -0.15) is 0 Å². The summed E-state index contributed by atoms with van der Waals surface area (Å²) in [5, 5.41) is 39.7. The van der Waals surface area contributed by atoms with Crippen LogP contribution in [0, 0.1) is 10.8 Å². The normalized spacial score (nSPS) is 17.6. The molecule has 4 heteroatoms. The summed E-state index contributed by atoms with van der Waals surface area (Å²) >= 11 is 0. The van der Waals surface area contributed by atoms with Crippen LogP contribution in [-0.4, -0.2) is 38.9 Å². The van der Waals surface area contributed by atoms with Crippen molar-refractivity contribution in [1.29, 1.82) is 0 Å². The van der Waals surface area contributed by atoms with Gasteiger partial charge < -0.3 is 20.4 Å². The van der Waals surface area contributed by atoms with Crippen LogP contribution in [0.25, 0.3) is 0 Å². The maximum atomic E-state index is 10.5. The van der Waals surface area contributed by atoms with E-state index in [1.54, 1.807) is 0 Å². The first-order valence-electron chi connectivity index (χ1n) is 8.30. The van der Waals surface area contributed by atoms with Crippen molar-refractivity contribution in [2.45, 2.75) is 91.5 Å². The summed E-state index contributed by atoms with van der Waals surface area (Å²) in [4.78, 5) is 0. The highest BCUT2D eigenvalue weighted by Crippen LogP contribution is 2.38. The second-order valence-corrected chi connectivity index (χ2v) is 7.29. The van der Waals surface area contributed by atoms with Gasteiger partial charge in [0.15, 0.2) is 5.79 Å². The van der Waals surface area contributed by atoms with Crippen LogP contribution < -0.4 is 0 Å². The van der Waals surface area contributed by atoms with E-state index >= 15 is 0 Å². The monoisotopic (exact) mass is 304 g/mol. The molecular formula is C17H36O4. The van der Waals surface area contributed by atoms with E-state index in [0.29, 0.717) is 19.3 Å². The summed E-state index contributed by atoms with van der Waals surface area (Å²) in [6, 6.07) is 0. The first-order valence-corrected chi connectivity index (χ1v) is 8.30. The Morgan fingerprint density at radius 2 is 1.52 bits per heavy atom. The molecule has 0 aromatic rings. The lowest BCUT2D eigenvalue weighted by Crippen LogP contribution is -2.42. The van der Waals surface area contributed by atoms with Gasteiger partial charge >= 0.3 is 0 Å². The lowest BCUT2D eigenvalue weighted by Gasteiger charge is -2.38. The minimum atomic E-state index is -1.72. The molecule has 0 spiro atoms. The Balaban J connectivity index is 4.55. The van der Waals surface area contributed by atoms with Crippen LogP contribution in [0.2, 0.25) is 0 Å². The van der Waals surface area contributed by atoms with Crippen molar-refractivity contribution in [1.82, 2.24) is 0 Å². The number of unbranched alkanes of at least 4 members (excludes halogenated alkanes) is 1. The Morgan fingerprint density at radius 1 is 0.952 bits per heavy atom. The fraction of sp³-hybridized carbons (Fsp3) is 1.00. The average Bonchev–Trinajstić information content (AvgIpc) is 2.39. The van der Waals surface area contributed by atoms with Gasteiger partial charge in [-0.1, -0.05) is 47.0 Å². The number of hydrogen-bond acceptors (Lipinski definition) is 4. The number of aliphatic hydroxyl groups is 4. The third kappa shape index (κ3) is 5.85. The van der Waals surface area contributed by atoms with E-state index < -0.39 is 22.7 Å². The van der Waals surface area contributed by atoms with E-state index in [1.807, 2.05) is 20.8 Å². The van der Waals surface area contributed by atoms with Gasteiger partial charge in [-0.3, -0.25) is 0 Å². The summed E-state index contributed by atoms with van der Waals surface area (Å²) in [7, 11) is 0. The van der Waals surface area contributed by atoms with Gasteiger partial charge in [-0.25, -0.2) is 0 Å². The molecule has 0 saturated carbocycles. The van der Waals surface area contributed by atoms with Crippen LogP contribution >= 0.6 is 0 Å². The molecule has 0 aromatic carbocycles. The Bertz CT molecular complexity index is 277. The SMILES string of the molecule is CCCCC(CC)(CO)C(O)CCCC(C)(C)C(C)(O)O. The minimum Gasteiger partial charge on any atom is -0.396 e. The Labute approximate surface area is 130 Å². The van der Waals surface area contributed by atoms with Crippen LogP contribution in [0.15, 0.2) is 0 Å². The zero-order chi connectivity index (χ0) is 16.7. The van der Waals surface area contributed by atoms with Gasteiger partial charge in [-0.15, -0.1) is 0 Å². The summed E-state index contributed by atoms with van der Waals surface area (Å²) in [6.45, 7) is 9.15. The second kappa shape index (κ2) is 8.47. The molecule has 0 heterocycles. The predicted octanol–water partition coefficient (Wildman–Crippen LogP) is 2.82. The third-order valence-electron chi connectivity index (χ3n) is 5.32. The van der Waals surface area contributed by atoms with Crippen LogP contribution in [0.5, 0.6) is 0 Å². The van der Waals surface area contributed by atoms with E-state index in [2.05, 4.69) is 6.92 Å². The van der Waals surface area contributed by atoms with Crippen molar-refractivity contribution in [2.75, 3.05) is 6.61 Å². The summed E-state index contributed by atoms with van der Waals surface area (Å²) < 4.78 is 0. The van der Waals surface area contributed by atoms with E-state index in [-0.39, 0.29) is 6.61 Å². The third-order valence-corrected chi connectivity index (χ3v) is 5.32. The maximum Gasteiger partial charge on any atom is 0.164 e. The highest BCUT2D eigenvalue weighted by molar-refractivity contribution is 4.86. The van der Waals surface area contributed by atoms with Gasteiger partial charge in [0, 0.05) is 10.8 Å². The van der Waals surface area contributed by atoms with Crippen LogP contribution in [0.3, 0.4) is 0 Å². The number of aliphatic hydroxyl groups excluding tert-OH is 2. The van der Waals surface area contributed by atoms with Crippen LogP contribution in [-0.2, 0) is 0 Å². The van der Waals surface area contributed by atoms with Crippen molar-refractivity contribution < 1.29 is 20.4 Å². The topological polar surface area (TPSA) is 80.9 Å². The molecule has 0 rings (SSSR count). The molecule has 4 nitrogen and oxygen atoms in total. The molecule has 0 amide bonds. The van der Waals surface area contributed by atoms with Gasteiger partial charge in [-0.05, 0) is 32.6 Å². The Kier molecular flexibility index (Phi) is 8.40. The predicted molar refractivity (Wildman–Crippen MR) is 85.8 cm³/mol. The van der Waals surface area contributed by atoms with Crippen molar-refractivity contribution in [3.8, 4) is 0 Å². The molecule has 21 heavy (non-hydrogen) atoms. The fourth-order valence-electron chi connectivity index (χ4n) is 2.68. The molecule has 4 N–H and O–H groups in total. The zero-order valence-electron chi connectivity index (χ0n) is 14.5. The second-order valence-electron chi connectivity index (χ2n) is 7.29. The van der Waals surface area contributed by atoms with Crippen molar-refractivity contribution >= 4 is 0 Å². The average molecular weight is 304 g/mol. The molecule has 0 radical (unpaired) electrons. The fourth-order valence-corrected chi connectivity index (χ4v) is 2.68. The van der Waals surface area contributed by atoms with Crippen LogP contribution in [0.4, 0.5) is 0 Å². The van der Waals surface area contributed by atoms with Crippen molar-refractivity contribution in [3.05, 3.63) is 0 Å². The van der Waals surface area contributed by atoms with E-state index in [0.717, 1.165) is 25.7 Å². The molecule has 0 aromatic heterocycles. The quantitative estimate of drug-likeness (QED) is 0.442. The molecule has 2 atom stereocenters. The molecule has 0 aliphatic carbocycles. The number of rotatable bonds is 11. The molecule has 0 aliphatic heterocycles. The van der Waals surface area contributed by atoms with Gasteiger partial charge in [0.2, 0.25) is 0 Å². The van der Waals surface area contributed by atoms with Crippen molar-refractivity contribution in [2.24, 2.45) is 10.8 Å². The molecule has 2 unspecified atom stereocenters. The smallest absolute Gasteiger partial charge is 0.164 e. The van der Waals surface area contributed by atoms with Gasteiger partial charge in [0.05, 0.1) is 12.7 Å². The summed E-state index contributed by atoms with van der Waals surface area (Å²) in [6.07, 6.45) is 5.00. The maximum absolute atomic E-state index is 10.5. The molecular weight excluding hydrogens is 268 g/mol. The molecule has 0 saturated heterocycles. The van der Waals surface area contributed by atoms with Gasteiger partial charge in [0.25, 0.3) is 0 Å². The summed E-state index contributed by atoms with van der Waals surface area (Å²) in [5.41, 5.74) is -1.04. The standard InChI is InChI=1S/C17H36O4/c1-6-8-12-17(7-2,13-18)14(19)10-9-11-15(3,4)16(5,20)21/h14,18-21H,6-13H2,1-5H3. The molecule has 0 aliphatic rings. The van der Waals surface area contributed by atoms with E-state index in [1.165, 1.54) is 6.92 Å².